The van der Waals surface area contributed by atoms with Crippen LogP contribution in [0.5, 0.6) is 5.75 Å². The molecule has 1 atom stereocenters. The van der Waals surface area contributed by atoms with Crippen molar-refractivity contribution in [2.45, 2.75) is 39.5 Å². The minimum Gasteiger partial charge on any atom is -0.462 e. The molecule has 0 aliphatic carbocycles. The summed E-state index contributed by atoms with van der Waals surface area (Å²) in [6.07, 6.45) is 6.50. The molecule has 4 nitrogen and oxygen atoms in total. The Morgan fingerprint density at radius 3 is 2.46 bits per heavy atom. The summed E-state index contributed by atoms with van der Waals surface area (Å²) in [6, 6.07) is 13.2. The number of carbonyl (C=O) groups excluding carboxylic acids is 2. The number of esters is 2. The molecule has 0 saturated carbocycles. The molecule has 2 aromatic rings. The number of fused-ring (bicyclic) bond motifs is 1. The van der Waals surface area contributed by atoms with E-state index in [-0.39, 0.29) is 0 Å². The van der Waals surface area contributed by atoms with Gasteiger partial charge < -0.3 is 9.47 Å². The molecule has 0 fully saturated rings. The van der Waals surface area contributed by atoms with Crippen molar-refractivity contribution in [3.63, 3.8) is 0 Å². The van der Waals surface area contributed by atoms with Crippen LogP contribution >= 0.6 is 0 Å². The molecule has 0 saturated heterocycles. The Hall–Kier alpha value is -2.62. The van der Waals surface area contributed by atoms with E-state index in [9.17, 15) is 9.59 Å². The molecule has 2 aromatic carbocycles. The molecule has 0 amide bonds. The van der Waals surface area contributed by atoms with Crippen molar-refractivity contribution in [2.75, 3.05) is 6.61 Å². The first-order valence-corrected chi connectivity index (χ1v) is 9.17. The van der Waals surface area contributed by atoms with Crippen LogP contribution in [0, 0.1) is 5.92 Å². The summed E-state index contributed by atoms with van der Waals surface area (Å²) >= 11 is 0. The third-order valence-corrected chi connectivity index (χ3v) is 4.30. The molecule has 0 N–H and O–H groups in total. The van der Waals surface area contributed by atoms with E-state index >= 15 is 0 Å². The first kappa shape index (κ1) is 19.7. The largest absolute Gasteiger partial charge is 0.462 e. The van der Waals surface area contributed by atoms with Crippen LogP contribution in [-0.2, 0) is 14.3 Å². The Kier molecular flexibility index (Phi) is 7.87. The molecule has 2 rings (SSSR count). The molecule has 4 heteroatoms. The third-order valence-electron chi connectivity index (χ3n) is 4.30. The second-order valence-electron chi connectivity index (χ2n) is 6.31. The molecule has 1 unspecified atom stereocenters. The van der Waals surface area contributed by atoms with Crippen LogP contribution in [0.25, 0.3) is 10.8 Å². The Morgan fingerprint density at radius 2 is 1.73 bits per heavy atom. The lowest BCUT2D eigenvalue weighted by Crippen LogP contribution is -2.13. The molecule has 0 bridgehead atoms. The maximum Gasteiger partial charge on any atom is 0.336 e. The normalized spacial score (nSPS) is 12.2. The summed E-state index contributed by atoms with van der Waals surface area (Å²) in [7, 11) is 0. The quantitative estimate of drug-likeness (QED) is 0.359. The standard InChI is InChI=1S/C22H26O4/c1-3-5-8-17(4-2)16-25-21(23)13-14-22(24)26-20-12-11-18-9-6-7-10-19(18)15-20/h6-7,9-15,17H,3-5,8,16H2,1-2H3/b14-13+. The van der Waals surface area contributed by atoms with Gasteiger partial charge in [-0.2, -0.15) is 0 Å². The highest BCUT2D eigenvalue weighted by Crippen LogP contribution is 2.20. The summed E-state index contributed by atoms with van der Waals surface area (Å²) in [4.78, 5) is 23.6. The SMILES string of the molecule is CCCCC(CC)COC(=O)/C=C/C(=O)Oc1ccc2ccccc2c1. The van der Waals surface area contributed by atoms with Gasteiger partial charge in [-0.15, -0.1) is 0 Å². The monoisotopic (exact) mass is 354 g/mol. The Morgan fingerprint density at radius 1 is 1.00 bits per heavy atom. The van der Waals surface area contributed by atoms with Gasteiger partial charge in [0.25, 0.3) is 0 Å². The fourth-order valence-electron chi connectivity index (χ4n) is 2.66. The highest BCUT2D eigenvalue weighted by molar-refractivity contribution is 5.93. The van der Waals surface area contributed by atoms with Gasteiger partial charge in [-0.3, -0.25) is 0 Å². The van der Waals surface area contributed by atoms with Crippen molar-refractivity contribution in [1.82, 2.24) is 0 Å². The van der Waals surface area contributed by atoms with Crippen molar-refractivity contribution < 1.29 is 19.1 Å². The fraction of sp³-hybridized carbons (Fsp3) is 0.364. The average molecular weight is 354 g/mol. The van der Waals surface area contributed by atoms with E-state index in [0.717, 1.165) is 48.6 Å². The van der Waals surface area contributed by atoms with Crippen molar-refractivity contribution in [2.24, 2.45) is 5.92 Å². The van der Waals surface area contributed by atoms with Crippen molar-refractivity contribution in [3.05, 3.63) is 54.6 Å². The zero-order valence-electron chi connectivity index (χ0n) is 15.4. The third kappa shape index (κ3) is 6.36. The lowest BCUT2D eigenvalue weighted by atomic mass is 10.0. The Bertz CT molecular complexity index is 764. The zero-order valence-corrected chi connectivity index (χ0v) is 15.4. The topological polar surface area (TPSA) is 52.6 Å². The molecule has 138 valence electrons. The van der Waals surface area contributed by atoms with Crippen LogP contribution < -0.4 is 4.74 Å². The predicted molar refractivity (Wildman–Crippen MR) is 103 cm³/mol. The molecule has 0 aromatic heterocycles. The number of benzene rings is 2. The molecular weight excluding hydrogens is 328 g/mol. The van der Waals surface area contributed by atoms with E-state index in [0.29, 0.717) is 18.3 Å². The number of hydrogen-bond acceptors (Lipinski definition) is 4. The summed E-state index contributed by atoms with van der Waals surface area (Å²) in [5, 5.41) is 2.05. The lowest BCUT2D eigenvalue weighted by molar-refractivity contribution is -0.139. The zero-order chi connectivity index (χ0) is 18.8. The van der Waals surface area contributed by atoms with Gasteiger partial charge in [-0.25, -0.2) is 9.59 Å². The smallest absolute Gasteiger partial charge is 0.336 e. The Labute approximate surface area is 154 Å². The van der Waals surface area contributed by atoms with Crippen LogP contribution in [-0.4, -0.2) is 18.5 Å². The van der Waals surface area contributed by atoms with Gasteiger partial charge in [0.2, 0.25) is 0 Å². The fourth-order valence-corrected chi connectivity index (χ4v) is 2.66. The highest BCUT2D eigenvalue weighted by Gasteiger charge is 2.09. The number of hydrogen-bond donors (Lipinski definition) is 0. The van der Waals surface area contributed by atoms with Crippen LogP contribution in [0.3, 0.4) is 0 Å². The number of rotatable bonds is 9. The number of carbonyl (C=O) groups is 2. The second-order valence-corrected chi connectivity index (χ2v) is 6.31. The van der Waals surface area contributed by atoms with Crippen molar-refractivity contribution >= 4 is 22.7 Å². The van der Waals surface area contributed by atoms with Crippen LogP contribution in [0.1, 0.15) is 39.5 Å². The molecule has 0 heterocycles. The summed E-state index contributed by atoms with van der Waals surface area (Å²) in [5.41, 5.74) is 0. The Balaban J connectivity index is 1.82. The van der Waals surface area contributed by atoms with Gasteiger partial charge in [0.1, 0.15) is 5.75 Å². The summed E-state index contributed by atoms with van der Waals surface area (Å²) in [6.45, 7) is 4.62. The van der Waals surface area contributed by atoms with Crippen LogP contribution in [0.15, 0.2) is 54.6 Å². The van der Waals surface area contributed by atoms with Gasteiger partial charge in [0.15, 0.2) is 0 Å². The van der Waals surface area contributed by atoms with E-state index < -0.39 is 11.9 Å². The minimum absolute atomic E-state index is 0.372. The van der Waals surface area contributed by atoms with Crippen molar-refractivity contribution in [1.29, 1.82) is 0 Å². The van der Waals surface area contributed by atoms with Crippen molar-refractivity contribution in [3.8, 4) is 5.75 Å². The van der Waals surface area contributed by atoms with Crippen LogP contribution in [0.4, 0.5) is 0 Å². The second kappa shape index (κ2) is 10.4. The van der Waals surface area contributed by atoms with E-state index in [1.54, 1.807) is 12.1 Å². The lowest BCUT2D eigenvalue weighted by Gasteiger charge is -2.13. The number of ether oxygens (including phenoxy) is 2. The average Bonchev–Trinajstić information content (AvgIpc) is 2.66. The van der Waals surface area contributed by atoms with E-state index in [1.807, 2.05) is 30.3 Å². The molecule has 0 spiro atoms. The first-order chi connectivity index (χ1) is 12.6. The minimum atomic E-state index is -0.602. The summed E-state index contributed by atoms with van der Waals surface area (Å²) < 4.78 is 10.5. The van der Waals surface area contributed by atoms with E-state index in [4.69, 9.17) is 9.47 Å². The van der Waals surface area contributed by atoms with Gasteiger partial charge in [0.05, 0.1) is 6.61 Å². The van der Waals surface area contributed by atoms with E-state index in [2.05, 4.69) is 13.8 Å². The predicted octanol–water partition coefficient (Wildman–Crippen LogP) is 5.06. The maximum absolute atomic E-state index is 11.9. The van der Waals surface area contributed by atoms with Gasteiger partial charge >= 0.3 is 11.9 Å². The van der Waals surface area contributed by atoms with Crippen LogP contribution in [0.2, 0.25) is 0 Å². The first-order valence-electron chi connectivity index (χ1n) is 9.17. The molecular formula is C22H26O4. The number of unbranched alkanes of at least 4 members (excludes halogenated alkanes) is 1. The van der Waals surface area contributed by atoms with Gasteiger partial charge in [0, 0.05) is 12.2 Å². The highest BCUT2D eigenvalue weighted by atomic mass is 16.5. The molecule has 26 heavy (non-hydrogen) atoms. The molecule has 0 aliphatic heterocycles. The summed E-state index contributed by atoms with van der Waals surface area (Å²) in [5.74, 6) is -0.306. The molecule has 0 radical (unpaired) electrons. The van der Waals surface area contributed by atoms with Gasteiger partial charge in [-0.05, 0) is 35.2 Å². The van der Waals surface area contributed by atoms with Gasteiger partial charge in [-0.1, -0.05) is 63.4 Å². The van der Waals surface area contributed by atoms with E-state index in [1.165, 1.54) is 0 Å². The maximum atomic E-state index is 11.9. The molecule has 0 aliphatic rings.